The molecule has 0 aliphatic carbocycles. The van der Waals surface area contributed by atoms with E-state index in [9.17, 15) is 0 Å². The van der Waals surface area contributed by atoms with E-state index >= 15 is 0 Å². The molecule has 0 unspecified atom stereocenters. The molecule has 2 rings (SSSR count). The molecule has 0 bridgehead atoms. The molecule has 0 atom stereocenters. The second-order valence-electron chi connectivity index (χ2n) is 6.16. The van der Waals surface area contributed by atoms with Crippen molar-refractivity contribution in [3.8, 4) is 11.5 Å². The first kappa shape index (κ1) is 16.1. The average molecular weight is 297 g/mol. The highest BCUT2D eigenvalue weighted by atomic mass is 16.5. The Bertz CT molecular complexity index is 652. The van der Waals surface area contributed by atoms with Gasteiger partial charge in [0.1, 0.15) is 11.5 Å². The van der Waals surface area contributed by atoms with Crippen molar-refractivity contribution in [2.75, 3.05) is 14.2 Å². The third-order valence-electron chi connectivity index (χ3n) is 3.53. The fourth-order valence-corrected chi connectivity index (χ4v) is 2.12. The van der Waals surface area contributed by atoms with Crippen molar-refractivity contribution < 1.29 is 9.47 Å². The number of aliphatic imine (C=N–C) groups is 1. The van der Waals surface area contributed by atoms with Crippen molar-refractivity contribution in [1.29, 1.82) is 0 Å². The zero-order valence-corrected chi connectivity index (χ0v) is 13.9. The maximum atomic E-state index is 5.37. The molecule has 0 aliphatic heterocycles. The van der Waals surface area contributed by atoms with Gasteiger partial charge in [0, 0.05) is 17.8 Å². The molecular weight excluding hydrogens is 274 g/mol. The maximum Gasteiger partial charge on any atom is 0.131 e. The van der Waals surface area contributed by atoms with Gasteiger partial charge in [0.15, 0.2) is 0 Å². The van der Waals surface area contributed by atoms with Crippen LogP contribution in [0.3, 0.4) is 0 Å². The molecule has 116 valence electrons. The van der Waals surface area contributed by atoms with Gasteiger partial charge in [0.2, 0.25) is 0 Å². The minimum atomic E-state index is 0.154. The van der Waals surface area contributed by atoms with Gasteiger partial charge in [0.25, 0.3) is 0 Å². The summed E-state index contributed by atoms with van der Waals surface area (Å²) in [6.45, 7) is 6.61. The van der Waals surface area contributed by atoms with Gasteiger partial charge >= 0.3 is 0 Å². The smallest absolute Gasteiger partial charge is 0.131 e. The monoisotopic (exact) mass is 297 g/mol. The summed E-state index contributed by atoms with van der Waals surface area (Å²) in [6.07, 6.45) is 1.81. The van der Waals surface area contributed by atoms with Crippen LogP contribution in [-0.4, -0.2) is 20.4 Å². The minimum Gasteiger partial charge on any atom is -0.497 e. The molecular formula is C19H23NO2. The Morgan fingerprint density at radius 1 is 0.909 bits per heavy atom. The van der Waals surface area contributed by atoms with Crippen LogP contribution in [0.15, 0.2) is 47.5 Å². The van der Waals surface area contributed by atoms with Gasteiger partial charge in [-0.05, 0) is 35.2 Å². The topological polar surface area (TPSA) is 30.8 Å². The van der Waals surface area contributed by atoms with E-state index in [0.717, 1.165) is 22.7 Å². The maximum absolute atomic E-state index is 5.37. The molecule has 22 heavy (non-hydrogen) atoms. The Kier molecular flexibility index (Phi) is 4.86. The third kappa shape index (κ3) is 3.88. The first-order chi connectivity index (χ1) is 10.4. The van der Waals surface area contributed by atoms with Crippen LogP contribution < -0.4 is 9.47 Å². The number of benzene rings is 2. The standard InChI is InChI=1S/C19H23NO2/c1-19(2,3)15-7-9-16(10-8-15)20-13-14-6-11-17(21-4)12-18(14)22-5/h6-13H,1-5H3. The predicted molar refractivity (Wildman–Crippen MR) is 91.9 cm³/mol. The molecule has 0 heterocycles. The van der Waals surface area contributed by atoms with E-state index in [4.69, 9.17) is 9.47 Å². The van der Waals surface area contributed by atoms with Crippen LogP contribution in [0.2, 0.25) is 0 Å². The van der Waals surface area contributed by atoms with Crippen LogP contribution in [0.4, 0.5) is 5.69 Å². The zero-order valence-electron chi connectivity index (χ0n) is 13.9. The Morgan fingerprint density at radius 2 is 1.59 bits per heavy atom. The second kappa shape index (κ2) is 6.65. The molecule has 2 aromatic carbocycles. The molecule has 0 aliphatic rings. The first-order valence-corrected chi connectivity index (χ1v) is 7.30. The molecule has 0 fully saturated rings. The fourth-order valence-electron chi connectivity index (χ4n) is 2.12. The van der Waals surface area contributed by atoms with E-state index < -0.39 is 0 Å². The number of hydrogen-bond donors (Lipinski definition) is 0. The van der Waals surface area contributed by atoms with E-state index in [-0.39, 0.29) is 5.41 Å². The summed E-state index contributed by atoms with van der Waals surface area (Å²) < 4.78 is 10.6. The van der Waals surface area contributed by atoms with Crippen molar-refractivity contribution in [2.45, 2.75) is 26.2 Å². The van der Waals surface area contributed by atoms with Crippen molar-refractivity contribution in [2.24, 2.45) is 4.99 Å². The lowest BCUT2D eigenvalue weighted by atomic mass is 9.87. The molecule has 2 aromatic rings. The molecule has 3 heteroatoms. The molecule has 0 spiro atoms. The van der Waals surface area contributed by atoms with Crippen molar-refractivity contribution >= 4 is 11.9 Å². The highest BCUT2D eigenvalue weighted by Gasteiger charge is 2.12. The van der Waals surface area contributed by atoms with Crippen molar-refractivity contribution in [3.05, 3.63) is 53.6 Å². The van der Waals surface area contributed by atoms with Crippen LogP contribution in [-0.2, 0) is 5.41 Å². The summed E-state index contributed by atoms with van der Waals surface area (Å²) in [6, 6.07) is 14.0. The Labute approximate surface area is 132 Å². The van der Waals surface area contributed by atoms with Gasteiger partial charge in [-0.3, -0.25) is 4.99 Å². The highest BCUT2D eigenvalue weighted by molar-refractivity contribution is 5.85. The van der Waals surface area contributed by atoms with E-state index in [2.05, 4.69) is 37.9 Å². The SMILES string of the molecule is COc1ccc(C=Nc2ccc(C(C)(C)C)cc2)c(OC)c1. The third-order valence-corrected chi connectivity index (χ3v) is 3.53. The lowest BCUT2D eigenvalue weighted by Gasteiger charge is -2.18. The molecule has 0 saturated heterocycles. The summed E-state index contributed by atoms with van der Waals surface area (Å²) in [5, 5.41) is 0. The van der Waals surface area contributed by atoms with Crippen LogP contribution in [0.25, 0.3) is 0 Å². The van der Waals surface area contributed by atoms with Gasteiger partial charge in [0.05, 0.1) is 19.9 Å². The summed E-state index contributed by atoms with van der Waals surface area (Å²) in [5.74, 6) is 1.51. The number of hydrogen-bond acceptors (Lipinski definition) is 3. The van der Waals surface area contributed by atoms with Crippen molar-refractivity contribution in [3.63, 3.8) is 0 Å². The van der Waals surface area contributed by atoms with Crippen molar-refractivity contribution in [1.82, 2.24) is 0 Å². The fraction of sp³-hybridized carbons (Fsp3) is 0.316. The number of rotatable bonds is 4. The minimum absolute atomic E-state index is 0.154. The quantitative estimate of drug-likeness (QED) is 0.762. The molecule has 3 nitrogen and oxygen atoms in total. The normalized spacial score (nSPS) is 11.7. The van der Waals surface area contributed by atoms with Gasteiger partial charge in [-0.1, -0.05) is 32.9 Å². The highest BCUT2D eigenvalue weighted by Crippen LogP contribution is 2.26. The lowest BCUT2D eigenvalue weighted by molar-refractivity contribution is 0.394. The van der Waals surface area contributed by atoms with E-state index in [1.807, 2.05) is 36.5 Å². The Morgan fingerprint density at radius 3 is 2.14 bits per heavy atom. The number of ether oxygens (including phenoxy) is 2. The molecule has 0 aromatic heterocycles. The Hall–Kier alpha value is -2.29. The first-order valence-electron chi connectivity index (χ1n) is 7.30. The number of methoxy groups -OCH3 is 2. The van der Waals surface area contributed by atoms with Gasteiger partial charge in [-0.15, -0.1) is 0 Å². The largest absolute Gasteiger partial charge is 0.497 e. The summed E-state index contributed by atoms with van der Waals surface area (Å²) in [4.78, 5) is 4.52. The van der Waals surface area contributed by atoms with E-state index in [1.54, 1.807) is 14.2 Å². The second-order valence-corrected chi connectivity index (χ2v) is 6.16. The molecule has 0 radical (unpaired) electrons. The molecule has 0 N–H and O–H groups in total. The van der Waals surface area contributed by atoms with Crippen LogP contribution in [0.5, 0.6) is 11.5 Å². The summed E-state index contributed by atoms with van der Waals surface area (Å²) in [5.41, 5.74) is 3.30. The van der Waals surface area contributed by atoms with Gasteiger partial charge in [-0.25, -0.2) is 0 Å². The summed E-state index contributed by atoms with van der Waals surface area (Å²) >= 11 is 0. The van der Waals surface area contributed by atoms with Crippen LogP contribution >= 0.6 is 0 Å². The van der Waals surface area contributed by atoms with Crippen LogP contribution in [0.1, 0.15) is 31.9 Å². The lowest BCUT2D eigenvalue weighted by Crippen LogP contribution is -2.10. The predicted octanol–water partition coefficient (Wildman–Crippen LogP) is 4.75. The van der Waals surface area contributed by atoms with Gasteiger partial charge in [-0.2, -0.15) is 0 Å². The zero-order chi connectivity index (χ0) is 16.2. The Balaban J connectivity index is 2.21. The number of nitrogens with zero attached hydrogens (tertiary/aromatic N) is 1. The summed E-state index contributed by atoms with van der Waals surface area (Å²) in [7, 11) is 3.28. The van der Waals surface area contributed by atoms with E-state index in [1.165, 1.54) is 5.56 Å². The van der Waals surface area contributed by atoms with Crippen LogP contribution in [0, 0.1) is 0 Å². The van der Waals surface area contributed by atoms with Gasteiger partial charge < -0.3 is 9.47 Å². The average Bonchev–Trinajstić information content (AvgIpc) is 2.52. The van der Waals surface area contributed by atoms with E-state index in [0.29, 0.717) is 0 Å². The molecule has 0 saturated carbocycles. The molecule has 0 amide bonds.